The van der Waals surface area contributed by atoms with E-state index >= 15 is 0 Å². The van der Waals surface area contributed by atoms with Gasteiger partial charge in [0.1, 0.15) is 5.69 Å². The van der Waals surface area contributed by atoms with Crippen LogP contribution in [0.15, 0.2) is 47.0 Å². The standard InChI is InChI=1S/C14H12BrNO/c1-9(2)7-13(17)14-11(15)8-10-5-3-4-6-12(10)16-14/h3-6,8H,1,7H2,2H3. The van der Waals surface area contributed by atoms with Crippen molar-refractivity contribution >= 4 is 32.6 Å². The molecule has 3 heteroatoms. The van der Waals surface area contributed by atoms with Crippen LogP contribution in [-0.2, 0) is 0 Å². The molecule has 2 rings (SSSR count). The molecule has 2 aromatic rings. The van der Waals surface area contributed by atoms with E-state index in [2.05, 4.69) is 27.5 Å². The molecular formula is C14H12BrNO. The summed E-state index contributed by atoms with van der Waals surface area (Å²) in [5.41, 5.74) is 2.16. The van der Waals surface area contributed by atoms with Crippen LogP contribution in [0.5, 0.6) is 0 Å². The predicted molar refractivity (Wildman–Crippen MR) is 73.2 cm³/mol. The van der Waals surface area contributed by atoms with Gasteiger partial charge in [0, 0.05) is 16.3 Å². The lowest BCUT2D eigenvalue weighted by Crippen LogP contribution is -2.04. The summed E-state index contributed by atoms with van der Waals surface area (Å²) >= 11 is 3.39. The molecule has 0 spiro atoms. The average Bonchev–Trinajstić information content (AvgIpc) is 2.27. The van der Waals surface area contributed by atoms with Crippen molar-refractivity contribution in [2.75, 3.05) is 0 Å². The van der Waals surface area contributed by atoms with E-state index < -0.39 is 0 Å². The van der Waals surface area contributed by atoms with E-state index in [4.69, 9.17) is 0 Å². The van der Waals surface area contributed by atoms with Crippen molar-refractivity contribution in [2.45, 2.75) is 13.3 Å². The number of allylic oxidation sites excluding steroid dienone is 1. The summed E-state index contributed by atoms with van der Waals surface area (Å²) in [4.78, 5) is 16.4. The first-order valence-corrected chi connectivity index (χ1v) is 6.10. The fourth-order valence-corrected chi connectivity index (χ4v) is 2.20. The van der Waals surface area contributed by atoms with Gasteiger partial charge in [-0.25, -0.2) is 4.98 Å². The molecule has 0 aliphatic carbocycles. The Morgan fingerprint density at radius 1 is 1.41 bits per heavy atom. The van der Waals surface area contributed by atoms with Crippen LogP contribution in [0.2, 0.25) is 0 Å². The molecule has 0 fully saturated rings. The predicted octanol–water partition coefficient (Wildman–Crippen LogP) is 4.15. The average molecular weight is 290 g/mol. The molecule has 0 bridgehead atoms. The number of carbonyl (C=O) groups excluding carboxylic acids is 1. The van der Waals surface area contributed by atoms with E-state index in [1.54, 1.807) is 0 Å². The molecule has 1 aromatic carbocycles. The lowest BCUT2D eigenvalue weighted by atomic mass is 10.1. The molecule has 1 aromatic heterocycles. The highest BCUT2D eigenvalue weighted by molar-refractivity contribution is 9.10. The smallest absolute Gasteiger partial charge is 0.186 e. The van der Waals surface area contributed by atoms with Crippen LogP contribution < -0.4 is 0 Å². The molecule has 0 radical (unpaired) electrons. The summed E-state index contributed by atoms with van der Waals surface area (Å²) < 4.78 is 0.738. The molecule has 0 unspecified atom stereocenters. The number of aromatic nitrogens is 1. The zero-order valence-corrected chi connectivity index (χ0v) is 11.1. The summed E-state index contributed by atoms with van der Waals surface area (Å²) in [5.74, 6) is -0.00451. The number of nitrogens with zero attached hydrogens (tertiary/aromatic N) is 1. The van der Waals surface area contributed by atoms with E-state index in [1.807, 2.05) is 37.3 Å². The van der Waals surface area contributed by atoms with Crippen molar-refractivity contribution in [1.29, 1.82) is 0 Å². The van der Waals surface area contributed by atoms with Crippen molar-refractivity contribution < 1.29 is 4.79 Å². The van der Waals surface area contributed by atoms with Crippen molar-refractivity contribution in [1.82, 2.24) is 4.98 Å². The number of halogens is 1. The van der Waals surface area contributed by atoms with Crippen LogP contribution in [0.25, 0.3) is 10.9 Å². The van der Waals surface area contributed by atoms with Crippen molar-refractivity contribution in [3.8, 4) is 0 Å². The summed E-state index contributed by atoms with van der Waals surface area (Å²) in [6.45, 7) is 5.59. The normalized spacial score (nSPS) is 10.5. The topological polar surface area (TPSA) is 30.0 Å². The first-order valence-electron chi connectivity index (χ1n) is 5.31. The minimum atomic E-state index is -0.00451. The summed E-state index contributed by atoms with van der Waals surface area (Å²) in [7, 11) is 0. The second-order valence-electron chi connectivity index (χ2n) is 4.07. The third kappa shape index (κ3) is 2.61. The molecule has 1 heterocycles. The SMILES string of the molecule is C=C(C)CC(=O)c1nc2ccccc2cc1Br. The summed E-state index contributed by atoms with van der Waals surface area (Å²) in [6, 6.07) is 9.66. The van der Waals surface area contributed by atoms with Gasteiger partial charge in [-0.05, 0) is 35.0 Å². The van der Waals surface area contributed by atoms with Gasteiger partial charge in [0.15, 0.2) is 5.78 Å². The fraction of sp³-hybridized carbons (Fsp3) is 0.143. The van der Waals surface area contributed by atoms with Gasteiger partial charge in [0.25, 0.3) is 0 Å². The van der Waals surface area contributed by atoms with Crippen LogP contribution in [0.3, 0.4) is 0 Å². The molecule has 0 amide bonds. The second kappa shape index (κ2) is 4.80. The number of hydrogen-bond donors (Lipinski definition) is 0. The lowest BCUT2D eigenvalue weighted by molar-refractivity contribution is 0.0988. The Morgan fingerprint density at radius 2 is 2.12 bits per heavy atom. The van der Waals surface area contributed by atoms with Gasteiger partial charge in [-0.1, -0.05) is 30.4 Å². The number of Topliss-reactive ketones (excluding diaryl/α,β-unsaturated/α-hetero) is 1. The zero-order valence-electron chi connectivity index (χ0n) is 9.53. The monoisotopic (exact) mass is 289 g/mol. The maximum Gasteiger partial charge on any atom is 0.186 e. The van der Waals surface area contributed by atoms with Gasteiger partial charge in [-0.3, -0.25) is 4.79 Å². The number of hydrogen-bond acceptors (Lipinski definition) is 2. The molecule has 0 aliphatic rings. The van der Waals surface area contributed by atoms with Gasteiger partial charge in [0.05, 0.1) is 5.52 Å². The molecule has 0 aliphatic heterocycles. The Morgan fingerprint density at radius 3 is 2.82 bits per heavy atom. The van der Waals surface area contributed by atoms with E-state index in [0.29, 0.717) is 12.1 Å². The molecule has 0 atom stereocenters. The van der Waals surface area contributed by atoms with Crippen LogP contribution in [0, 0.1) is 0 Å². The van der Waals surface area contributed by atoms with E-state index in [1.165, 1.54) is 0 Å². The quantitative estimate of drug-likeness (QED) is 0.628. The lowest BCUT2D eigenvalue weighted by Gasteiger charge is -2.05. The number of ketones is 1. The molecule has 0 saturated carbocycles. The molecule has 17 heavy (non-hydrogen) atoms. The number of rotatable bonds is 3. The fourth-order valence-electron chi connectivity index (χ4n) is 1.64. The van der Waals surface area contributed by atoms with Crippen molar-refractivity contribution in [2.24, 2.45) is 0 Å². The Labute approximate surface area is 108 Å². The first kappa shape index (κ1) is 12.0. The van der Waals surface area contributed by atoms with Crippen molar-refractivity contribution in [3.05, 3.63) is 52.7 Å². The Bertz CT molecular complexity index is 604. The molecule has 0 saturated heterocycles. The van der Waals surface area contributed by atoms with Crippen LogP contribution in [-0.4, -0.2) is 10.8 Å². The van der Waals surface area contributed by atoms with Gasteiger partial charge in [-0.2, -0.15) is 0 Å². The third-order valence-electron chi connectivity index (χ3n) is 2.40. The van der Waals surface area contributed by atoms with Gasteiger partial charge >= 0.3 is 0 Å². The van der Waals surface area contributed by atoms with Crippen LogP contribution in [0.1, 0.15) is 23.8 Å². The van der Waals surface area contributed by atoms with Gasteiger partial charge in [0.2, 0.25) is 0 Å². The highest BCUT2D eigenvalue weighted by Crippen LogP contribution is 2.23. The Hall–Kier alpha value is -1.48. The highest BCUT2D eigenvalue weighted by Gasteiger charge is 2.13. The summed E-state index contributed by atoms with van der Waals surface area (Å²) in [5, 5.41) is 1.02. The first-order chi connectivity index (χ1) is 8.08. The number of benzene rings is 1. The van der Waals surface area contributed by atoms with Crippen LogP contribution in [0.4, 0.5) is 0 Å². The molecule has 86 valence electrons. The largest absolute Gasteiger partial charge is 0.292 e. The van der Waals surface area contributed by atoms with E-state index in [9.17, 15) is 4.79 Å². The molecule has 0 N–H and O–H groups in total. The number of pyridine rings is 1. The van der Waals surface area contributed by atoms with Crippen molar-refractivity contribution in [3.63, 3.8) is 0 Å². The second-order valence-corrected chi connectivity index (χ2v) is 4.92. The summed E-state index contributed by atoms with van der Waals surface area (Å²) in [6.07, 6.45) is 0.337. The number of para-hydroxylation sites is 1. The third-order valence-corrected chi connectivity index (χ3v) is 3.01. The maximum absolute atomic E-state index is 12.0. The molecule has 2 nitrogen and oxygen atoms in total. The van der Waals surface area contributed by atoms with E-state index in [-0.39, 0.29) is 5.78 Å². The molecular weight excluding hydrogens is 278 g/mol. The zero-order chi connectivity index (χ0) is 12.4. The Balaban J connectivity index is 2.50. The minimum absolute atomic E-state index is 0.00451. The number of fused-ring (bicyclic) bond motifs is 1. The van der Waals surface area contributed by atoms with Crippen LogP contribution >= 0.6 is 15.9 Å². The van der Waals surface area contributed by atoms with E-state index in [0.717, 1.165) is 20.9 Å². The minimum Gasteiger partial charge on any atom is -0.292 e. The van der Waals surface area contributed by atoms with Gasteiger partial charge in [-0.15, -0.1) is 0 Å². The number of carbonyl (C=O) groups is 1. The maximum atomic E-state index is 12.0. The highest BCUT2D eigenvalue weighted by atomic mass is 79.9. The Kier molecular flexibility index (Phi) is 3.38. The van der Waals surface area contributed by atoms with Gasteiger partial charge < -0.3 is 0 Å².